The lowest BCUT2D eigenvalue weighted by atomic mass is 10.1. The normalized spacial score (nSPS) is 10.7. The van der Waals surface area contributed by atoms with Crippen molar-refractivity contribution >= 4 is 29.8 Å². The summed E-state index contributed by atoms with van der Waals surface area (Å²) >= 11 is 0. The third kappa shape index (κ3) is 21.5. The Morgan fingerprint density at radius 3 is 0.912 bits per heavy atom. The first-order valence-corrected chi connectivity index (χ1v) is 33.9. The van der Waals surface area contributed by atoms with Crippen molar-refractivity contribution in [2.45, 2.75) is 26.8 Å². The van der Waals surface area contributed by atoms with Gasteiger partial charge in [-0.25, -0.2) is 47.4 Å². The first-order valence-electron chi connectivity index (χ1n) is 33.9. The molecule has 5 aromatic heterocycles. The zero-order chi connectivity index (χ0) is 80.3. The molecule has 15 aromatic rings. The van der Waals surface area contributed by atoms with Crippen molar-refractivity contribution in [3.05, 3.63) is 344 Å². The Morgan fingerprint density at radius 1 is 0.319 bits per heavy atom. The highest BCUT2D eigenvalue weighted by atomic mass is 19.4. The summed E-state index contributed by atoms with van der Waals surface area (Å²) in [6.07, 6.45) is 12.6. The van der Waals surface area contributed by atoms with Crippen molar-refractivity contribution in [2.24, 2.45) is 0 Å². The summed E-state index contributed by atoms with van der Waals surface area (Å²) in [5.41, 5.74) is 15.5. The third-order valence-electron chi connectivity index (χ3n) is 16.7. The molecule has 23 nitrogen and oxygen atoms in total. The largest absolute Gasteiger partial charge is 0.573 e. The number of hydrogen-bond donors (Lipinski definition) is 5. The first kappa shape index (κ1) is 78.7. The third-order valence-corrected chi connectivity index (χ3v) is 16.7. The second-order valence-electron chi connectivity index (χ2n) is 24.6. The van der Waals surface area contributed by atoms with E-state index in [1.807, 2.05) is 117 Å². The number of hydrogen-bond acceptors (Lipinski definition) is 13. The highest BCUT2D eigenvalue weighted by molar-refractivity contribution is 5.92. The van der Waals surface area contributed by atoms with E-state index in [9.17, 15) is 45.9 Å². The van der Waals surface area contributed by atoms with E-state index in [2.05, 4.69) is 35.0 Å². The highest BCUT2D eigenvalue weighted by Gasteiger charge is 2.31. The van der Waals surface area contributed by atoms with Crippen molar-refractivity contribution < 1.29 is 85.7 Å². The number of carbonyl (C=O) groups is 5. The summed E-state index contributed by atoms with van der Waals surface area (Å²) in [5.74, 6) is -4.38. The topological polar surface area (TPSA) is 303 Å². The Morgan fingerprint density at radius 2 is 0.602 bits per heavy atom. The van der Waals surface area contributed by atoms with Crippen molar-refractivity contribution in [2.75, 3.05) is 7.11 Å². The molecule has 0 saturated carbocycles. The molecule has 0 aliphatic heterocycles. The van der Waals surface area contributed by atoms with Gasteiger partial charge in [0.25, 0.3) is 0 Å². The van der Waals surface area contributed by atoms with Crippen LogP contribution in [0, 0.1) is 13.8 Å². The lowest BCUT2D eigenvalue weighted by Gasteiger charge is -2.09. The van der Waals surface area contributed by atoms with Gasteiger partial charge in [0.1, 0.15) is 17.2 Å². The Bertz CT molecular complexity index is 5820. The van der Waals surface area contributed by atoms with Crippen LogP contribution >= 0.6 is 0 Å². The second kappa shape index (κ2) is 36.0. The quantitative estimate of drug-likeness (QED) is 0.0470. The van der Waals surface area contributed by atoms with E-state index in [0.29, 0.717) is 28.1 Å². The van der Waals surface area contributed by atoms with Gasteiger partial charge in [0, 0.05) is 77.0 Å². The van der Waals surface area contributed by atoms with E-state index in [4.69, 9.17) is 30.3 Å². The van der Waals surface area contributed by atoms with E-state index in [0.717, 1.165) is 61.8 Å². The highest BCUT2D eigenvalue weighted by Crippen LogP contribution is 2.30. The SMILES string of the molecule is COc1cccc(-n2cc(-c3cccc(C(=O)O)c3)cn2)c1.Cc1ccc(-n2cc(-c3ccc(C(=O)O)cc3)cn2)cc1.Cc1ccc(-n2cc(-c3cccc(C(=O)O)c3)cn2)cc1.O=C(O)c1ccc(-c2cnn(-c3cccc(OC(F)(F)F)c3)c2)cc1.O=C(O)c1cccc(-c2cnn(-c3cccc(OC(F)F)c3)c2)c1. The molecule has 568 valence electrons. The Kier molecular flexibility index (Phi) is 25.1. The van der Waals surface area contributed by atoms with Crippen LogP contribution in [0.15, 0.2) is 305 Å². The number of carboxylic acid groups (broad SMARTS) is 5. The molecule has 15 rings (SSSR count). The lowest BCUT2D eigenvalue weighted by molar-refractivity contribution is -0.274. The molecule has 0 aliphatic carbocycles. The molecule has 10 aromatic carbocycles. The van der Waals surface area contributed by atoms with Crippen molar-refractivity contribution in [3.63, 3.8) is 0 Å². The van der Waals surface area contributed by atoms with Crippen LogP contribution < -0.4 is 14.2 Å². The predicted octanol–water partition coefficient (Wildman–Crippen LogP) is 18.3. The van der Waals surface area contributed by atoms with E-state index >= 15 is 0 Å². The summed E-state index contributed by atoms with van der Waals surface area (Å²) in [6, 6.07) is 68.4. The van der Waals surface area contributed by atoms with Crippen molar-refractivity contribution in [1.82, 2.24) is 48.9 Å². The number of aromatic nitrogens is 10. The van der Waals surface area contributed by atoms with Gasteiger partial charge in [0.2, 0.25) is 0 Å². The van der Waals surface area contributed by atoms with Crippen molar-refractivity contribution in [3.8, 4) is 101 Å². The Balaban J connectivity index is 0.000000140. The second-order valence-corrected chi connectivity index (χ2v) is 24.6. The maximum absolute atomic E-state index is 12.3. The molecular weight excluding hydrogens is 1460 g/mol. The number of carboxylic acids is 5. The van der Waals surface area contributed by atoms with Gasteiger partial charge in [0.05, 0.1) is 94.3 Å². The van der Waals surface area contributed by atoms with Gasteiger partial charge in [0.15, 0.2) is 0 Å². The number of halogens is 5. The number of aryl methyl sites for hydroxylation is 2. The summed E-state index contributed by atoms with van der Waals surface area (Å²) in [4.78, 5) is 54.8. The van der Waals surface area contributed by atoms with Crippen LogP contribution in [-0.4, -0.2) is 124 Å². The maximum atomic E-state index is 12.3. The average molecular weight is 1530 g/mol. The van der Waals surface area contributed by atoms with Gasteiger partial charge >= 0.3 is 42.8 Å². The van der Waals surface area contributed by atoms with Crippen LogP contribution in [0.3, 0.4) is 0 Å². The molecule has 0 fully saturated rings. The molecule has 5 N–H and O–H groups in total. The van der Waals surface area contributed by atoms with Crippen LogP contribution in [0.4, 0.5) is 22.0 Å². The molecule has 0 atom stereocenters. The molecule has 0 bridgehead atoms. The minimum absolute atomic E-state index is 0.0347. The average Bonchev–Trinajstić information content (AvgIpc) is 1.74. The smallest absolute Gasteiger partial charge is 0.497 e. The van der Waals surface area contributed by atoms with Gasteiger partial charge in [-0.15, -0.1) is 13.2 Å². The van der Waals surface area contributed by atoms with E-state index < -0.39 is 42.8 Å². The lowest BCUT2D eigenvalue weighted by Crippen LogP contribution is -2.17. The van der Waals surface area contributed by atoms with Crippen LogP contribution in [0.5, 0.6) is 17.2 Å². The van der Waals surface area contributed by atoms with Gasteiger partial charge in [-0.3, -0.25) is 0 Å². The van der Waals surface area contributed by atoms with Crippen LogP contribution in [-0.2, 0) is 0 Å². The molecule has 5 heterocycles. The fraction of sp³-hybridized carbons (Fsp3) is 0.0588. The molecule has 0 amide bonds. The zero-order valence-corrected chi connectivity index (χ0v) is 59.8. The first-order chi connectivity index (χ1) is 54.3. The number of aromatic carboxylic acids is 5. The minimum atomic E-state index is -4.76. The summed E-state index contributed by atoms with van der Waals surface area (Å²) in [6.45, 7) is 1.19. The molecule has 0 saturated heterocycles. The molecule has 0 unspecified atom stereocenters. The van der Waals surface area contributed by atoms with Gasteiger partial charge in [-0.2, -0.15) is 34.3 Å². The number of alkyl halides is 5. The molecule has 0 aliphatic rings. The Labute approximate surface area is 640 Å². The summed E-state index contributed by atoms with van der Waals surface area (Å²) in [5, 5.41) is 66.3. The Hall–Kier alpha value is -15.4. The minimum Gasteiger partial charge on any atom is -0.497 e. The standard InChI is InChI=1S/C17H11F3N2O3.C17H12F2N2O3.C17H14N2O3.2C17H14N2O2/c18-17(19,20)25-15-3-1-2-14(8-15)22-10-13(9-21-22)11-4-6-12(7-5-11)16(23)24;18-17(19)24-15-6-2-5-14(8-15)21-10-13(9-20-21)11-3-1-4-12(7-11)16(22)23;1-22-16-7-3-6-15(9-16)19-11-14(10-18-19)12-4-2-5-13(8-12)17(20)21;1-12-2-8-16(9-3-12)19-11-15(10-18-19)13-4-6-14(7-5-13)17(20)21;1-12-5-7-16(8-6-12)19-11-15(10-18-19)13-3-2-4-14(9-13)17(20)21/h1-10H,(H,23,24);1-10,17H,(H,22,23);2-11H,1H3,(H,20,21);2*2-11H,1H3,(H,20,21). The van der Waals surface area contributed by atoms with E-state index in [1.165, 1.54) is 75.2 Å². The molecule has 0 radical (unpaired) electrons. The molecule has 0 spiro atoms. The van der Waals surface area contributed by atoms with Gasteiger partial charge < -0.3 is 39.7 Å². The molecular formula is C85H65F5N10O13. The maximum Gasteiger partial charge on any atom is 0.573 e. The predicted molar refractivity (Wildman–Crippen MR) is 409 cm³/mol. The number of methoxy groups -OCH3 is 1. The van der Waals surface area contributed by atoms with Crippen molar-refractivity contribution in [1.29, 1.82) is 0 Å². The molecule has 28 heteroatoms. The van der Waals surface area contributed by atoms with E-state index in [1.54, 1.807) is 168 Å². The van der Waals surface area contributed by atoms with Crippen LogP contribution in [0.25, 0.3) is 84.1 Å². The van der Waals surface area contributed by atoms with Crippen LogP contribution in [0.2, 0.25) is 0 Å². The van der Waals surface area contributed by atoms with Crippen LogP contribution in [0.1, 0.15) is 62.9 Å². The number of rotatable bonds is 19. The summed E-state index contributed by atoms with van der Waals surface area (Å²) in [7, 11) is 1.62. The van der Waals surface area contributed by atoms with E-state index in [-0.39, 0.29) is 39.3 Å². The van der Waals surface area contributed by atoms with Gasteiger partial charge in [-0.05, 0) is 163 Å². The fourth-order valence-electron chi connectivity index (χ4n) is 10.9. The zero-order valence-electron chi connectivity index (χ0n) is 59.8. The number of nitrogens with zero attached hydrogens (tertiary/aromatic N) is 10. The number of benzene rings is 10. The number of ether oxygens (including phenoxy) is 3. The monoisotopic (exact) mass is 1530 g/mol. The fourth-order valence-corrected chi connectivity index (χ4v) is 10.9. The van der Waals surface area contributed by atoms with Gasteiger partial charge in [-0.1, -0.05) is 114 Å². The summed E-state index contributed by atoms with van der Waals surface area (Å²) < 4.78 is 83.2. The molecule has 113 heavy (non-hydrogen) atoms.